The zero-order valence-corrected chi connectivity index (χ0v) is 20.5. The smallest absolute Gasteiger partial charge is 0.251 e. The molecule has 3 rings (SSSR count). The standard InChI is InChI=1S/C23H22BrClN2O4S/c1-32(29,30)27(19-11-12-21(24)22(25)15-19)16-17-7-9-18(10-8-17)23(28)26-13-14-31-20-5-3-2-4-6-20/h2-12,15H,13-14,16H2,1H3,(H,26,28). The first kappa shape index (κ1) is 24.1. The Morgan fingerprint density at radius 3 is 2.38 bits per heavy atom. The van der Waals surface area contributed by atoms with Crippen LogP contribution >= 0.6 is 27.5 Å². The lowest BCUT2D eigenvalue weighted by atomic mass is 10.1. The third kappa shape index (κ3) is 6.72. The highest BCUT2D eigenvalue weighted by Crippen LogP contribution is 2.29. The summed E-state index contributed by atoms with van der Waals surface area (Å²) in [4.78, 5) is 12.3. The molecule has 0 aromatic heterocycles. The molecule has 0 heterocycles. The van der Waals surface area contributed by atoms with Gasteiger partial charge in [-0.2, -0.15) is 0 Å². The first-order valence-electron chi connectivity index (χ1n) is 9.72. The maximum atomic E-state index is 12.4. The van der Waals surface area contributed by atoms with Gasteiger partial charge in [0.15, 0.2) is 0 Å². The molecule has 1 N–H and O–H groups in total. The summed E-state index contributed by atoms with van der Waals surface area (Å²) in [6.45, 7) is 0.832. The SMILES string of the molecule is CS(=O)(=O)N(Cc1ccc(C(=O)NCCOc2ccccc2)cc1)c1ccc(Br)c(Cl)c1. The minimum Gasteiger partial charge on any atom is -0.492 e. The second-order valence-corrected chi connectivity index (χ2v) is 10.2. The van der Waals surface area contributed by atoms with Gasteiger partial charge >= 0.3 is 0 Å². The Hall–Kier alpha value is -2.55. The molecular weight excluding hydrogens is 516 g/mol. The van der Waals surface area contributed by atoms with E-state index in [0.29, 0.717) is 33.9 Å². The summed E-state index contributed by atoms with van der Waals surface area (Å²) in [5, 5.41) is 3.22. The number of hydrogen-bond acceptors (Lipinski definition) is 4. The van der Waals surface area contributed by atoms with Crippen molar-refractivity contribution in [3.05, 3.63) is 93.4 Å². The van der Waals surface area contributed by atoms with Crippen LogP contribution < -0.4 is 14.4 Å². The lowest BCUT2D eigenvalue weighted by molar-refractivity contribution is 0.0947. The largest absolute Gasteiger partial charge is 0.492 e. The summed E-state index contributed by atoms with van der Waals surface area (Å²) >= 11 is 9.44. The van der Waals surface area contributed by atoms with Gasteiger partial charge in [-0.1, -0.05) is 41.9 Å². The Labute approximate surface area is 201 Å². The highest BCUT2D eigenvalue weighted by atomic mass is 79.9. The van der Waals surface area contributed by atoms with Crippen molar-refractivity contribution in [2.45, 2.75) is 6.54 Å². The van der Waals surface area contributed by atoms with E-state index < -0.39 is 10.0 Å². The lowest BCUT2D eigenvalue weighted by Crippen LogP contribution is -2.29. The molecular formula is C23H22BrClN2O4S. The molecule has 9 heteroatoms. The third-order valence-corrected chi connectivity index (χ3v) is 6.91. The molecule has 1 amide bonds. The number of nitrogens with one attached hydrogen (secondary N) is 1. The van der Waals surface area contributed by atoms with E-state index in [4.69, 9.17) is 16.3 Å². The molecule has 3 aromatic carbocycles. The van der Waals surface area contributed by atoms with E-state index in [2.05, 4.69) is 21.2 Å². The van der Waals surface area contributed by atoms with Crippen molar-refractivity contribution in [2.24, 2.45) is 0 Å². The minimum absolute atomic E-state index is 0.115. The quantitative estimate of drug-likeness (QED) is 0.395. The first-order valence-corrected chi connectivity index (χ1v) is 12.7. The summed E-state index contributed by atoms with van der Waals surface area (Å²) in [5.74, 6) is 0.515. The van der Waals surface area contributed by atoms with Crippen molar-refractivity contribution in [1.82, 2.24) is 5.32 Å². The van der Waals surface area contributed by atoms with Crippen molar-refractivity contribution >= 4 is 49.1 Å². The topological polar surface area (TPSA) is 75.7 Å². The van der Waals surface area contributed by atoms with E-state index in [-0.39, 0.29) is 12.5 Å². The van der Waals surface area contributed by atoms with Crippen LogP contribution in [-0.4, -0.2) is 33.7 Å². The second-order valence-electron chi connectivity index (χ2n) is 6.98. The lowest BCUT2D eigenvalue weighted by Gasteiger charge is -2.23. The fourth-order valence-electron chi connectivity index (χ4n) is 2.92. The Kier molecular flexibility index (Phi) is 8.17. The molecule has 0 bridgehead atoms. The molecule has 0 spiro atoms. The van der Waals surface area contributed by atoms with E-state index in [9.17, 15) is 13.2 Å². The predicted molar refractivity (Wildman–Crippen MR) is 131 cm³/mol. The molecule has 0 fully saturated rings. The van der Waals surface area contributed by atoms with Crippen LogP contribution in [-0.2, 0) is 16.6 Å². The molecule has 0 unspecified atom stereocenters. The van der Waals surface area contributed by atoms with Crippen LogP contribution in [0.25, 0.3) is 0 Å². The van der Waals surface area contributed by atoms with Crippen LogP contribution in [0.1, 0.15) is 15.9 Å². The Balaban J connectivity index is 1.60. The highest BCUT2D eigenvalue weighted by Gasteiger charge is 2.19. The van der Waals surface area contributed by atoms with Crippen LogP contribution in [0.4, 0.5) is 5.69 Å². The number of hydrogen-bond donors (Lipinski definition) is 1. The van der Waals surface area contributed by atoms with E-state index in [0.717, 1.165) is 17.6 Å². The van der Waals surface area contributed by atoms with Gasteiger partial charge in [0.05, 0.1) is 30.1 Å². The van der Waals surface area contributed by atoms with Gasteiger partial charge in [-0.25, -0.2) is 8.42 Å². The second kappa shape index (κ2) is 10.8. The molecule has 168 valence electrons. The number of para-hydroxylation sites is 1. The summed E-state index contributed by atoms with van der Waals surface area (Å²) < 4.78 is 32.2. The van der Waals surface area contributed by atoms with E-state index in [1.165, 1.54) is 4.31 Å². The number of carbonyl (C=O) groups is 1. The van der Waals surface area contributed by atoms with Crippen LogP contribution in [0.5, 0.6) is 5.75 Å². The number of anilines is 1. The van der Waals surface area contributed by atoms with Crippen molar-refractivity contribution in [3.63, 3.8) is 0 Å². The Morgan fingerprint density at radius 1 is 1.06 bits per heavy atom. The van der Waals surface area contributed by atoms with Crippen LogP contribution in [0.2, 0.25) is 5.02 Å². The van der Waals surface area contributed by atoms with E-state index >= 15 is 0 Å². The third-order valence-electron chi connectivity index (χ3n) is 4.53. The Morgan fingerprint density at radius 2 is 1.75 bits per heavy atom. The summed E-state index contributed by atoms with van der Waals surface area (Å²) in [5.41, 5.74) is 1.67. The van der Waals surface area contributed by atoms with Crippen LogP contribution in [0, 0.1) is 0 Å². The van der Waals surface area contributed by atoms with Gasteiger partial charge < -0.3 is 10.1 Å². The minimum atomic E-state index is -3.54. The molecule has 0 saturated carbocycles. The molecule has 0 aliphatic heterocycles. The molecule has 0 saturated heterocycles. The molecule has 6 nitrogen and oxygen atoms in total. The van der Waals surface area contributed by atoms with Crippen molar-refractivity contribution in [1.29, 1.82) is 0 Å². The highest BCUT2D eigenvalue weighted by molar-refractivity contribution is 9.10. The number of nitrogens with zero attached hydrogens (tertiary/aromatic N) is 1. The number of rotatable bonds is 9. The summed E-state index contributed by atoms with van der Waals surface area (Å²) in [6, 6.07) is 21.1. The van der Waals surface area contributed by atoms with Gasteiger partial charge in [0.25, 0.3) is 5.91 Å². The van der Waals surface area contributed by atoms with Gasteiger partial charge in [-0.3, -0.25) is 9.10 Å². The molecule has 0 radical (unpaired) electrons. The molecule has 32 heavy (non-hydrogen) atoms. The predicted octanol–water partition coefficient (Wildman–Crippen LogP) is 4.88. The van der Waals surface area contributed by atoms with Gasteiger partial charge in [-0.05, 0) is 64.0 Å². The number of halogens is 2. The molecule has 0 aliphatic rings. The number of sulfonamides is 1. The summed E-state index contributed by atoms with van der Waals surface area (Å²) in [7, 11) is -3.54. The Bertz CT molecular complexity index is 1170. The average Bonchev–Trinajstić information content (AvgIpc) is 2.77. The maximum absolute atomic E-state index is 12.4. The monoisotopic (exact) mass is 536 g/mol. The van der Waals surface area contributed by atoms with Crippen LogP contribution in [0.15, 0.2) is 77.3 Å². The van der Waals surface area contributed by atoms with Gasteiger partial charge in [-0.15, -0.1) is 0 Å². The fraction of sp³-hybridized carbons (Fsp3) is 0.174. The van der Waals surface area contributed by atoms with Gasteiger partial charge in [0.1, 0.15) is 12.4 Å². The fourth-order valence-corrected chi connectivity index (χ4v) is 4.22. The van der Waals surface area contributed by atoms with Crippen molar-refractivity contribution < 1.29 is 17.9 Å². The van der Waals surface area contributed by atoms with E-state index in [1.807, 2.05) is 30.3 Å². The maximum Gasteiger partial charge on any atom is 0.251 e. The molecule has 3 aromatic rings. The van der Waals surface area contributed by atoms with Gasteiger partial charge in [0, 0.05) is 10.0 Å². The van der Waals surface area contributed by atoms with Crippen molar-refractivity contribution in [2.75, 3.05) is 23.7 Å². The number of ether oxygens (including phenoxy) is 1. The normalized spacial score (nSPS) is 11.1. The number of amides is 1. The molecule has 0 aliphatic carbocycles. The van der Waals surface area contributed by atoms with Gasteiger partial charge in [0.2, 0.25) is 10.0 Å². The molecule has 0 atom stereocenters. The zero-order valence-electron chi connectivity index (χ0n) is 17.3. The zero-order chi connectivity index (χ0) is 23.1. The van der Waals surface area contributed by atoms with Crippen LogP contribution in [0.3, 0.4) is 0 Å². The van der Waals surface area contributed by atoms with Crippen molar-refractivity contribution in [3.8, 4) is 5.75 Å². The number of benzene rings is 3. The average molecular weight is 538 g/mol. The number of carbonyl (C=O) groups excluding carboxylic acids is 1. The summed E-state index contributed by atoms with van der Waals surface area (Å²) in [6.07, 6.45) is 1.14. The van der Waals surface area contributed by atoms with E-state index in [1.54, 1.807) is 42.5 Å². The first-order chi connectivity index (χ1) is 15.2.